The van der Waals surface area contributed by atoms with Crippen molar-refractivity contribution in [1.82, 2.24) is 14.5 Å². The van der Waals surface area contributed by atoms with Crippen molar-refractivity contribution in [3.8, 4) is 0 Å². The molecule has 5 heteroatoms. The van der Waals surface area contributed by atoms with E-state index in [2.05, 4.69) is 22.5 Å². The summed E-state index contributed by atoms with van der Waals surface area (Å²) in [5.41, 5.74) is 2.93. The number of anilines is 1. The minimum absolute atomic E-state index is 0.0916. The van der Waals surface area contributed by atoms with Gasteiger partial charge in [0, 0.05) is 12.2 Å². The fourth-order valence-corrected chi connectivity index (χ4v) is 4.38. The number of rotatable bonds is 6. The Kier molecular flexibility index (Phi) is 5.95. The maximum absolute atomic E-state index is 13.3. The van der Waals surface area contributed by atoms with Gasteiger partial charge < -0.3 is 9.47 Å². The average Bonchev–Trinajstić information content (AvgIpc) is 3.13. The molecule has 1 aromatic heterocycles. The first kappa shape index (κ1) is 19.6. The topological polar surface area (TPSA) is 41.4 Å². The predicted octanol–water partition coefficient (Wildman–Crippen LogP) is 4.64. The summed E-state index contributed by atoms with van der Waals surface area (Å²) in [6, 6.07) is 18.2. The number of benzene rings is 2. The third-order valence-corrected chi connectivity index (χ3v) is 5.97. The van der Waals surface area contributed by atoms with Crippen LogP contribution in [-0.2, 0) is 11.3 Å². The monoisotopic (exact) mass is 390 g/mol. The van der Waals surface area contributed by atoms with Gasteiger partial charge in [0.05, 0.1) is 17.1 Å². The molecule has 0 unspecified atom stereocenters. The number of aromatic nitrogens is 2. The van der Waals surface area contributed by atoms with E-state index in [0.717, 1.165) is 35.6 Å². The van der Waals surface area contributed by atoms with Gasteiger partial charge >= 0.3 is 0 Å². The number of carbonyl (C=O) groups excluding carboxylic acids is 1. The van der Waals surface area contributed by atoms with Crippen LogP contribution in [0.2, 0.25) is 0 Å². The summed E-state index contributed by atoms with van der Waals surface area (Å²) in [6.45, 7) is 7.40. The molecule has 29 heavy (non-hydrogen) atoms. The van der Waals surface area contributed by atoms with Gasteiger partial charge in [0.1, 0.15) is 12.4 Å². The van der Waals surface area contributed by atoms with Crippen LogP contribution in [0.1, 0.15) is 45.0 Å². The number of carbonyl (C=O) groups is 1. The smallest absolute Gasteiger partial charge is 0.246 e. The van der Waals surface area contributed by atoms with Crippen molar-refractivity contribution < 1.29 is 4.79 Å². The fourth-order valence-electron chi connectivity index (χ4n) is 4.38. The molecule has 5 nitrogen and oxygen atoms in total. The fraction of sp³-hybridized carbons (Fsp3) is 0.417. The molecule has 1 atom stereocenters. The van der Waals surface area contributed by atoms with Crippen molar-refractivity contribution in [2.45, 2.75) is 45.7 Å². The highest BCUT2D eigenvalue weighted by atomic mass is 16.2. The van der Waals surface area contributed by atoms with Gasteiger partial charge in [-0.1, -0.05) is 36.8 Å². The van der Waals surface area contributed by atoms with Crippen molar-refractivity contribution in [2.75, 3.05) is 24.5 Å². The summed E-state index contributed by atoms with van der Waals surface area (Å²) >= 11 is 0. The summed E-state index contributed by atoms with van der Waals surface area (Å²) < 4.78 is 2.13. The third-order valence-electron chi connectivity index (χ3n) is 5.97. The van der Waals surface area contributed by atoms with Gasteiger partial charge in [-0.25, -0.2) is 4.98 Å². The van der Waals surface area contributed by atoms with Crippen LogP contribution in [0.4, 0.5) is 5.69 Å². The van der Waals surface area contributed by atoms with Crippen LogP contribution in [0.5, 0.6) is 0 Å². The molecule has 0 bridgehead atoms. The molecule has 1 aliphatic heterocycles. The molecule has 1 fully saturated rings. The molecule has 2 heterocycles. The molecule has 0 aliphatic carbocycles. The molecule has 3 aromatic rings. The zero-order valence-electron chi connectivity index (χ0n) is 17.4. The molecule has 1 amide bonds. The Morgan fingerprint density at radius 2 is 1.72 bits per heavy atom. The second kappa shape index (κ2) is 8.78. The molecule has 0 N–H and O–H groups in total. The number of nitrogens with zero attached hydrogens (tertiary/aromatic N) is 4. The molecular formula is C24H30N4O. The van der Waals surface area contributed by atoms with Crippen molar-refractivity contribution in [3.05, 3.63) is 60.4 Å². The Bertz CT molecular complexity index is 959. The van der Waals surface area contributed by atoms with Crippen LogP contribution in [0.25, 0.3) is 11.0 Å². The first-order chi connectivity index (χ1) is 14.2. The molecule has 152 valence electrons. The van der Waals surface area contributed by atoms with E-state index in [4.69, 9.17) is 4.98 Å². The van der Waals surface area contributed by atoms with Gasteiger partial charge in [0.25, 0.3) is 0 Å². The molecule has 0 radical (unpaired) electrons. The molecule has 2 aromatic carbocycles. The summed E-state index contributed by atoms with van der Waals surface area (Å²) in [4.78, 5) is 22.6. The van der Waals surface area contributed by atoms with Crippen LogP contribution < -0.4 is 4.90 Å². The van der Waals surface area contributed by atoms with E-state index in [1.54, 1.807) is 0 Å². The molecule has 1 aliphatic rings. The normalized spacial score (nSPS) is 16.1. The molecular weight excluding hydrogens is 360 g/mol. The lowest BCUT2D eigenvalue weighted by Crippen LogP contribution is -2.36. The summed E-state index contributed by atoms with van der Waals surface area (Å²) in [7, 11) is 0. The number of fused-ring (bicyclic) bond motifs is 1. The minimum Gasteiger partial charge on any atom is -0.317 e. The van der Waals surface area contributed by atoms with Gasteiger partial charge in [-0.15, -0.1) is 0 Å². The Morgan fingerprint density at radius 1 is 1.03 bits per heavy atom. The predicted molar refractivity (Wildman–Crippen MR) is 118 cm³/mol. The van der Waals surface area contributed by atoms with E-state index in [9.17, 15) is 4.79 Å². The van der Waals surface area contributed by atoms with Gasteiger partial charge in [-0.05, 0) is 64.0 Å². The minimum atomic E-state index is 0.0916. The average molecular weight is 391 g/mol. The maximum Gasteiger partial charge on any atom is 0.246 e. The van der Waals surface area contributed by atoms with E-state index in [-0.39, 0.29) is 11.9 Å². The highest BCUT2D eigenvalue weighted by Gasteiger charge is 2.25. The lowest BCUT2D eigenvalue weighted by atomic mass is 10.1. The molecule has 0 spiro atoms. The number of amides is 1. The lowest BCUT2D eigenvalue weighted by molar-refractivity contribution is -0.119. The number of para-hydroxylation sites is 3. The lowest BCUT2D eigenvalue weighted by Gasteiger charge is -2.32. The van der Waals surface area contributed by atoms with E-state index in [1.165, 1.54) is 19.3 Å². The van der Waals surface area contributed by atoms with Gasteiger partial charge in [0.15, 0.2) is 0 Å². The van der Waals surface area contributed by atoms with E-state index in [0.29, 0.717) is 13.1 Å². The van der Waals surface area contributed by atoms with Crippen molar-refractivity contribution in [1.29, 1.82) is 0 Å². The van der Waals surface area contributed by atoms with Gasteiger partial charge in [-0.2, -0.15) is 0 Å². The molecule has 4 rings (SSSR count). The number of likely N-dealkylation sites (N-methyl/N-ethyl adjacent to an activating group) is 1. The number of hydrogen-bond acceptors (Lipinski definition) is 3. The Hall–Kier alpha value is -2.66. The highest BCUT2D eigenvalue weighted by Crippen LogP contribution is 2.27. The summed E-state index contributed by atoms with van der Waals surface area (Å²) in [5, 5.41) is 0. The molecule has 1 saturated heterocycles. The Labute approximate surface area is 172 Å². The van der Waals surface area contributed by atoms with Crippen LogP contribution in [0.3, 0.4) is 0 Å². The highest BCUT2D eigenvalue weighted by molar-refractivity contribution is 5.94. The SMILES string of the molecule is CCN(C(=O)Cn1c([C@H](C)N2CCCCC2)nc2ccccc21)c1ccccc1. The first-order valence-corrected chi connectivity index (χ1v) is 10.7. The number of imidazole rings is 1. The Morgan fingerprint density at radius 3 is 2.45 bits per heavy atom. The zero-order chi connectivity index (χ0) is 20.2. The van der Waals surface area contributed by atoms with Crippen LogP contribution >= 0.6 is 0 Å². The second-order valence-electron chi connectivity index (χ2n) is 7.79. The van der Waals surface area contributed by atoms with Crippen molar-refractivity contribution in [2.24, 2.45) is 0 Å². The third kappa shape index (κ3) is 4.06. The van der Waals surface area contributed by atoms with E-state index < -0.39 is 0 Å². The molecule has 0 saturated carbocycles. The first-order valence-electron chi connectivity index (χ1n) is 10.7. The largest absolute Gasteiger partial charge is 0.317 e. The van der Waals surface area contributed by atoms with E-state index >= 15 is 0 Å². The standard InChI is InChI=1S/C24H30N4O/c1-3-27(20-12-6-4-7-13-20)23(29)18-28-22-15-9-8-14-21(22)25-24(28)19(2)26-16-10-5-11-17-26/h4,6-9,12-15,19H,3,5,10-11,16-18H2,1-2H3/t19-/m0/s1. The van der Waals surface area contributed by atoms with Gasteiger partial charge in [-0.3, -0.25) is 9.69 Å². The zero-order valence-corrected chi connectivity index (χ0v) is 17.4. The quantitative estimate of drug-likeness (QED) is 0.616. The second-order valence-corrected chi connectivity index (χ2v) is 7.79. The van der Waals surface area contributed by atoms with E-state index in [1.807, 2.05) is 60.4 Å². The van der Waals surface area contributed by atoms with Gasteiger partial charge in [0.2, 0.25) is 5.91 Å². The summed E-state index contributed by atoms with van der Waals surface area (Å²) in [6.07, 6.45) is 3.78. The van der Waals surface area contributed by atoms with Crippen LogP contribution in [0.15, 0.2) is 54.6 Å². The number of hydrogen-bond donors (Lipinski definition) is 0. The number of piperidine rings is 1. The van der Waals surface area contributed by atoms with Crippen LogP contribution in [0, 0.1) is 0 Å². The Balaban J connectivity index is 1.67. The van der Waals surface area contributed by atoms with Crippen LogP contribution in [-0.4, -0.2) is 40.0 Å². The van der Waals surface area contributed by atoms with Crippen molar-refractivity contribution in [3.63, 3.8) is 0 Å². The maximum atomic E-state index is 13.3. The summed E-state index contributed by atoms with van der Waals surface area (Å²) in [5.74, 6) is 1.08. The number of likely N-dealkylation sites (tertiary alicyclic amines) is 1. The van der Waals surface area contributed by atoms with Crippen molar-refractivity contribution >= 4 is 22.6 Å².